The van der Waals surface area contributed by atoms with E-state index in [9.17, 15) is 9.59 Å². The van der Waals surface area contributed by atoms with Gasteiger partial charge in [-0.25, -0.2) is 9.78 Å². The first-order valence-electron chi connectivity index (χ1n) is 9.06. The quantitative estimate of drug-likeness (QED) is 0.862. The van der Waals surface area contributed by atoms with Gasteiger partial charge >= 0.3 is 6.03 Å². The van der Waals surface area contributed by atoms with Crippen LogP contribution in [0.25, 0.3) is 11.0 Å². The van der Waals surface area contributed by atoms with Crippen molar-refractivity contribution in [1.82, 2.24) is 20.2 Å². The summed E-state index contributed by atoms with van der Waals surface area (Å²) < 4.78 is 7.52. The highest BCUT2D eigenvalue weighted by Crippen LogP contribution is 2.27. The number of nitrogens with zero attached hydrogens (tertiary/aromatic N) is 3. The summed E-state index contributed by atoms with van der Waals surface area (Å²) in [6, 6.07) is 6.88. The Morgan fingerprint density at radius 1 is 1.35 bits per heavy atom. The van der Waals surface area contributed by atoms with E-state index in [0.29, 0.717) is 25.6 Å². The zero-order valence-corrected chi connectivity index (χ0v) is 14.8. The standard InChI is InChI=1S/C18H23N5O3/c1-12(16(24)19-11-13-5-4-10-26-13)20-18(25)23-9-8-22-15-7-3-2-6-14(15)21-17(22)23/h2-3,6-7,12-13H,4-5,8-11H2,1H3,(H,19,24)(H,20,25)/t12-,13+/m0/s1. The van der Waals surface area contributed by atoms with Crippen molar-refractivity contribution in [1.29, 1.82) is 0 Å². The molecule has 1 aromatic heterocycles. The first-order chi connectivity index (χ1) is 12.6. The molecule has 2 aliphatic rings. The molecule has 1 saturated heterocycles. The minimum absolute atomic E-state index is 0.0836. The number of carbonyl (C=O) groups is 2. The molecule has 4 rings (SSSR count). The van der Waals surface area contributed by atoms with Crippen LogP contribution in [0.3, 0.4) is 0 Å². The molecular weight excluding hydrogens is 334 g/mol. The Labute approximate surface area is 151 Å². The van der Waals surface area contributed by atoms with Crippen molar-refractivity contribution in [3.05, 3.63) is 24.3 Å². The molecule has 2 atom stereocenters. The lowest BCUT2D eigenvalue weighted by molar-refractivity contribution is -0.123. The smallest absolute Gasteiger partial charge is 0.324 e. The summed E-state index contributed by atoms with van der Waals surface area (Å²) in [5.74, 6) is 0.414. The van der Waals surface area contributed by atoms with E-state index in [1.54, 1.807) is 11.8 Å². The van der Waals surface area contributed by atoms with Crippen molar-refractivity contribution >= 4 is 28.9 Å². The van der Waals surface area contributed by atoms with E-state index in [0.717, 1.165) is 30.5 Å². The van der Waals surface area contributed by atoms with Gasteiger partial charge in [-0.15, -0.1) is 0 Å². The molecule has 0 radical (unpaired) electrons. The Morgan fingerprint density at radius 3 is 3.00 bits per heavy atom. The van der Waals surface area contributed by atoms with Gasteiger partial charge in [0.25, 0.3) is 0 Å². The summed E-state index contributed by atoms with van der Waals surface area (Å²) in [5, 5.41) is 5.61. The van der Waals surface area contributed by atoms with Gasteiger partial charge in [-0.1, -0.05) is 12.1 Å². The molecule has 3 amide bonds. The largest absolute Gasteiger partial charge is 0.376 e. The van der Waals surface area contributed by atoms with Gasteiger partial charge in [0.05, 0.1) is 17.1 Å². The number of rotatable bonds is 4. The highest BCUT2D eigenvalue weighted by molar-refractivity contribution is 5.96. The average Bonchev–Trinajstić information content (AvgIpc) is 3.35. The summed E-state index contributed by atoms with van der Waals surface area (Å²) in [5.41, 5.74) is 1.88. The average molecular weight is 357 g/mol. The maximum Gasteiger partial charge on any atom is 0.324 e. The normalized spacial score (nSPS) is 20.2. The molecule has 8 nitrogen and oxygen atoms in total. The number of urea groups is 1. The van der Waals surface area contributed by atoms with E-state index < -0.39 is 6.04 Å². The molecule has 138 valence electrons. The predicted octanol–water partition coefficient (Wildman–Crippen LogP) is 1.25. The molecule has 8 heteroatoms. The number of aromatic nitrogens is 2. The molecule has 0 spiro atoms. The summed E-state index contributed by atoms with van der Waals surface area (Å²) in [7, 11) is 0. The first kappa shape index (κ1) is 16.8. The maximum atomic E-state index is 12.6. The molecule has 0 saturated carbocycles. The van der Waals surface area contributed by atoms with Crippen molar-refractivity contribution in [3.8, 4) is 0 Å². The van der Waals surface area contributed by atoms with Gasteiger partial charge < -0.3 is 19.9 Å². The SMILES string of the molecule is C[C@H](NC(=O)N1CCn2c1nc1ccccc12)C(=O)NC[C@H]1CCCO1. The summed E-state index contributed by atoms with van der Waals surface area (Å²) in [4.78, 5) is 31.0. The van der Waals surface area contributed by atoms with Crippen LogP contribution in [0.4, 0.5) is 10.7 Å². The van der Waals surface area contributed by atoms with Gasteiger partial charge in [-0.05, 0) is 31.9 Å². The molecular formula is C18H23N5O3. The molecule has 0 aliphatic carbocycles. The molecule has 0 bridgehead atoms. The summed E-state index contributed by atoms with van der Waals surface area (Å²) >= 11 is 0. The molecule has 1 fully saturated rings. The lowest BCUT2D eigenvalue weighted by atomic mass is 10.2. The minimum atomic E-state index is -0.623. The molecule has 0 unspecified atom stereocenters. The van der Waals surface area contributed by atoms with Gasteiger partial charge in [0.2, 0.25) is 11.9 Å². The van der Waals surface area contributed by atoms with Crippen molar-refractivity contribution in [3.63, 3.8) is 0 Å². The number of hydrogen-bond donors (Lipinski definition) is 2. The number of carbonyl (C=O) groups excluding carboxylic acids is 2. The second-order valence-electron chi connectivity index (χ2n) is 6.76. The van der Waals surface area contributed by atoms with Crippen LogP contribution in [0.2, 0.25) is 0 Å². The number of ether oxygens (including phenoxy) is 1. The molecule has 3 heterocycles. The predicted molar refractivity (Wildman–Crippen MR) is 97.1 cm³/mol. The third kappa shape index (κ3) is 3.12. The lowest BCUT2D eigenvalue weighted by Gasteiger charge is -2.20. The number of benzene rings is 1. The number of anilines is 1. The Hall–Kier alpha value is -2.61. The van der Waals surface area contributed by atoms with Crippen LogP contribution in [0.5, 0.6) is 0 Å². The van der Waals surface area contributed by atoms with Crippen LogP contribution in [0.15, 0.2) is 24.3 Å². The van der Waals surface area contributed by atoms with Crippen LogP contribution >= 0.6 is 0 Å². The Balaban J connectivity index is 1.37. The van der Waals surface area contributed by atoms with Crippen LogP contribution in [-0.4, -0.2) is 53.3 Å². The van der Waals surface area contributed by atoms with Gasteiger partial charge in [0.15, 0.2) is 0 Å². The van der Waals surface area contributed by atoms with Gasteiger partial charge in [0, 0.05) is 26.2 Å². The van der Waals surface area contributed by atoms with Gasteiger partial charge in [-0.3, -0.25) is 9.69 Å². The van der Waals surface area contributed by atoms with Crippen molar-refractivity contribution in [2.24, 2.45) is 0 Å². The van der Waals surface area contributed by atoms with E-state index in [-0.39, 0.29) is 18.0 Å². The number of hydrogen-bond acceptors (Lipinski definition) is 4. The zero-order valence-electron chi connectivity index (χ0n) is 14.8. The molecule has 1 aromatic carbocycles. The second-order valence-corrected chi connectivity index (χ2v) is 6.76. The lowest BCUT2D eigenvalue weighted by Crippen LogP contribution is -2.50. The second kappa shape index (κ2) is 6.95. The first-order valence-corrected chi connectivity index (χ1v) is 9.06. The zero-order chi connectivity index (χ0) is 18.1. The number of para-hydroxylation sites is 2. The molecule has 2 aromatic rings. The van der Waals surface area contributed by atoms with E-state index in [4.69, 9.17) is 4.74 Å². The minimum Gasteiger partial charge on any atom is -0.376 e. The Bertz CT molecular complexity index is 827. The van der Waals surface area contributed by atoms with Crippen molar-refractivity contribution in [2.75, 3.05) is 24.6 Å². The fraction of sp³-hybridized carbons (Fsp3) is 0.500. The number of fused-ring (bicyclic) bond motifs is 3. The van der Waals surface area contributed by atoms with Gasteiger partial charge in [0.1, 0.15) is 6.04 Å². The number of nitrogens with one attached hydrogen (secondary N) is 2. The van der Waals surface area contributed by atoms with E-state index in [1.165, 1.54) is 0 Å². The highest BCUT2D eigenvalue weighted by atomic mass is 16.5. The molecule has 2 N–H and O–H groups in total. The highest BCUT2D eigenvalue weighted by Gasteiger charge is 2.30. The van der Waals surface area contributed by atoms with Gasteiger partial charge in [-0.2, -0.15) is 0 Å². The maximum absolute atomic E-state index is 12.6. The Kier molecular flexibility index (Phi) is 4.50. The number of imidazole rings is 1. The summed E-state index contributed by atoms with van der Waals surface area (Å²) in [6.07, 6.45) is 2.08. The van der Waals surface area contributed by atoms with E-state index >= 15 is 0 Å². The monoisotopic (exact) mass is 357 g/mol. The fourth-order valence-corrected chi connectivity index (χ4v) is 3.48. The van der Waals surface area contributed by atoms with Crippen LogP contribution < -0.4 is 15.5 Å². The van der Waals surface area contributed by atoms with Crippen LogP contribution in [-0.2, 0) is 16.1 Å². The summed E-state index contributed by atoms with van der Waals surface area (Å²) in [6.45, 7) is 4.16. The van der Waals surface area contributed by atoms with Crippen LogP contribution in [0, 0.1) is 0 Å². The van der Waals surface area contributed by atoms with Crippen molar-refractivity contribution < 1.29 is 14.3 Å². The van der Waals surface area contributed by atoms with E-state index in [1.807, 2.05) is 28.8 Å². The third-order valence-electron chi connectivity index (χ3n) is 4.93. The molecule has 26 heavy (non-hydrogen) atoms. The van der Waals surface area contributed by atoms with E-state index in [2.05, 4.69) is 15.6 Å². The molecule has 2 aliphatic heterocycles. The Morgan fingerprint density at radius 2 is 2.19 bits per heavy atom. The topological polar surface area (TPSA) is 88.5 Å². The third-order valence-corrected chi connectivity index (χ3v) is 4.93. The fourth-order valence-electron chi connectivity index (χ4n) is 3.48. The number of amides is 3. The van der Waals surface area contributed by atoms with Crippen LogP contribution in [0.1, 0.15) is 19.8 Å². The van der Waals surface area contributed by atoms with Crippen molar-refractivity contribution in [2.45, 2.75) is 38.5 Å².